The van der Waals surface area contributed by atoms with Crippen molar-refractivity contribution in [3.8, 4) is 17.2 Å². The van der Waals surface area contributed by atoms with Crippen LogP contribution < -0.4 is 19.9 Å². The number of primary sulfonamides is 1. The van der Waals surface area contributed by atoms with Gasteiger partial charge in [-0.15, -0.1) is 0 Å². The molecule has 10 heteroatoms. The van der Waals surface area contributed by atoms with Crippen molar-refractivity contribution in [1.29, 1.82) is 0 Å². The molecule has 0 aliphatic heterocycles. The highest BCUT2D eigenvalue weighted by Crippen LogP contribution is 2.31. The van der Waals surface area contributed by atoms with Gasteiger partial charge in [-0.3, -0.25) is 4.79 Å². The van der Waals surface area contributed by atoms with Gasteiger partial charge in [0.2, 0.25) is 15.9 Å². The molecule has 3 rings (SSSR count). The summed E-state index contributed by atoms with van der Waals surface area (Å²) in [5.74, 6) is 0.639. The highest BCUT2D eigenvalue weighted by molar-refractivity contribution is 7.89. The minimum atomic E-state index is -4.13. The molecular formula is C23H23ClN2O6S. The molecule has 0 fully saturated rings. The van der Waals surface area contributed by atoms with Gasteiger partial charge in [-0.25, -0.2) is 13.6 Å². The molecule has 1 amide bonds. The lowest BCUT2D eigenvalue weighted by Crippen LogP contribution is -2.17. The Hall–Kier alpha value is -3.11. The van der Waals surface area contributed by atoms with E-state index in [1.165, 1.54) is 24.3 Å². The molecule has 0 radical (unpaired) electrons. The van der Waals surface area contributed by atoms with Gasteiger partial charge in [0.05, 0.1) is 13.0 Å². The molecule has 33 heavy (non-hydrogen) atoms. The van der Waals surface area contributed by atoms with Crippen molar-refractivity contribution < 1.29 is 27.4 Å². The van der Waals surface area contributed by atoms with Crippen LogP contribution in [0.5, 0.6) is 17.2 Å². The maximum Gasteiger partial charge on any atom is 0.241 e. The summed E-state index contributed by atoms with van der Waals surface area (Å²) in [7, 11) is -2.55. The zero-order chi connectivity index (χ0) is 23.8. The fourth-order valence-corrected chi connectivity index (χ4v) is 3.79. The van der Waals surface area contributed by atoms with Gasteiger partial charge < -0.3 is 19.5 Å². The summed E-state index contributed by atoms with van der Waals surface area (Å²) >= 11 is 5.95. The predicted molar refractivity (Wildman–Crippen MR) is 125 cm³/mol. The second-order valence-corrected chi connectivity index (χ2v) is 8.95. The molecule has 0 aromatic heterocycles. The fourth-order valence-electron chi connectivity index (χ4n) is 2.93. The van der Waals surface area contributed by atoms with Crippen LogP contribution in [0.2, 0.25) is 5.02 Å². The third-order valence-corrected chi connectivity index (χ3v) is 5.54. The Balaban J connectivity index is 1.73. The van der Waals surface area contributed by atoms with E-state index in [0.717, 1.165) is 5.56 Å². The predicted octanol–water partition coefficient (Wildman–Crippen LogP) is 3.99. The van der Waals surface area contributed by atoms with Crippen LogP contribution in [0.3, 0.4) is 0 Å². The van der Waals surface area contributed by atoms with Crippen LogP contribution in [0, 0.1) is 0 Å². The van der Waals surface area contributed by atoms with Gasteiger partial charge in [0.25, 0.3) is 0 Å². The Morgan fingerprint density at radius 3 is 2.48 bits per heavy atom. The van der Waals surface area contributed by atoms with Crippen LogP contribution in [-0.4, -0.2) is 34.6 Å². The lowest BCUT2D eigenvalue weighted by atomic mass is 10.1. The van der Waals surface area contributed by atoms with Crippen LogP contribution in [0.15, 0.2) is 71.6 Å². The number of ether oxygens (including phenoxy) is 3. The van der Waals surface area contributed by atoms with Crippen LogP contribution in [0.4, 0.5) is 5.69 Å². The Labute approximate surface area is 197 Å². The topological polar surface area (TPSA) is 117 Å². The minimum Gasteiger partial charge on any atom is -0.491 e. The van der Waals surface area contributed by atoms with Crippen LogP contribution in [0.1, 0.15) is 5.56 Å². The van der Waals surface area contributed by atoms with Gasteiger partial charge in [-0.1, -0.05) is 29.8 Å². The normalized spacial score (nSPS) is 11.1. The van der Waals surface area contributed by atoms with E-state index < -0.39 is 10.0 Å². The first-order valence-corrected chi connectivity index (χ1v) is 11.8. The molecule has 3 N–H and O–H groups in total. The van der Waals surface area contributed by atoms with E-state index in [2.05, 4.69) is 5.32 Å². The lowest BCUT2D eigenvalue weighted by Gasteiger charge is -2.13. The summed E-state index contributed by atoms with van der Waals surface area (Å²) < 4.78 is 40.4. The Morgan fingerprint density at radius 1 is 1.00 bits per heavy atom. The molecule has 174 valence electrons. The number of nitrogens with two attached hydrogens (primary N) is 1. The number of halogens is 1. The Morgan fingerprint density at radius 2 is 1.76 bits per heavy atom. The Bertz CT molecular complexity index is 1230. The number of nitrogens with one attached hydrogen (secondary N) is 1. The fraction of sp³-hybridized carbons (Fsp3) is 0.174. The van der Waals surface area contributed by atoms with Crippen molar-refractivity contribution in [1.82, 2.24) is 0 Å². The molecule has 0 heterocycles. The van der Waals surface area contributed by atoms with Crippen molar-refractivity contribution in [3.63, 3.8) is 0 Å². The van der Waals surface area contributed by atoms with Gasteiger partial charge in [0, 0.05) is 17.8 Å². The SMILES string of the molecule is COCCOc1cccc(CC(=O)Nc2ccc(Oc3cccc(Cl)c3)c(S(N)(=O)=O)c2)c1. The van der Waals surface area contributed by atoms with E-state index >= 15 is 0 Å². The van der Waals surface area contributed by atoms with Crippen LogP contribution in [0.25, 0.3) is 0 Å². The maximum atomic E-state index is 12.5. The molecule has 3 aromatic rings. The second kappa shape index (κ2) is 11.2. The average Bonchev–Trinajstić information content (AvgIpc) is 2.74. The lowest BCUT2D eigenvalue weighted by molar-refractivity contribution is -0.115. The number of hydrogen-bond acceptors (Lipinski definition) is 6. The van der Waals surface area contributed by atoms with Gasteiger partial charge in [0.15, 0.2) is 0 Å². The van der Waals surface area contributed by atoms with Crippen molar-refractivity contribution in [2.24, 2.45) is 5.14 Å². The first-order valence-electron chi connectivity index (χ1n) is 9.85. The number of methoxy groups -OCH3 is 1. The average molecular weight is 491 g/mol. The number of hydrogen-bond donors (Lipinski definition) is 2. The summed E-state index contributed by atoms with van der Waals surface area (Å²) in [5.41, 5.74) is 0.991. The Kier molecular flexibility index (Phi) is 8.29. The largest absolute Gasteiger partial charge is 0.491 e. The first kappa shape index (κ1) is 24.5. The zero-order valence-electron chi connectivity index (χ0n) is 17.8. The number of carbonyl (C=O) groups excluding carboxylic acids is 1. The summed E-state index contributed by atoms with van der Waals surface area (Å²) in [6.45, 7) is 0.847. The molecule has 0 atom stereocenters. The highest BCUT2D eigenvalue weighted by atomic mass is 35.5. The standard InChI is InChI=1S/C23H23ClN2O6S/c1-30-10-11-31-19-6-2-4-16(12-19)13-23(27)26-18-8-9-21(22(15-18)33(25,28)29)32-20-7-3-5-17(24)14-20/h2-9,12,14-15H,10-11,13H2,1H3,(H,26,27)(H2,25,28,29). The van der Waals surface area contributed by atoms with Gasteiger partial charge >= 0.3 is 0 Å². The quantitative estimate of drug-likeness (QED) is 0.415. The number of benzene rings is 3. The second-order valence-electron chi connectivity index (χ2n) is 6.98. The van der Waals surface area contributed by atoms with Gasteiger partial charge in [0.1, 0.15) is 28.8 Å². The number of carbonyl (C=O) groups is 1. The maximum absolute atomic E-state index is 12.5. The van der Waals surface area contributed by atoms with E-state index in [9.17, 15) is 13.2 Å². The van der Waals surface area contributed by atoms with E-state index in [0.29, 0.717) is 29.7 Å². The summed E-state index contributed by atoms with van der Waals surface area (Å²) in [6, 6.07) is 17.8. The molecule has 0 aliphatic carbocycles. The van der Waals surface area contributed by atoms with Crippen LogP contribution in [-0.2, 0) is 26.0 Å². The zero-order valence-corrected chi connectivity index (χ0v) is 19.4. The molecule has 0 saturated heterocycles. The molecular weight excluding hydrogens is 468 g/mol. The number of amides is 1. The third-order valence-electron chi connectivity index (χ3n) is 4.38. The van der Waals surface area contributed by atoms with E-state index in [1.54, 1.807) is 49.6 Å². The number of anilines is 1. The van der Waals surface area contributed by atoms with E-state index in [-0.39, 0.29) is 28.7 Å². The highest BCUT2D eigenvalue weighted by Gasteiger charge is 2.18. The molecule has 0 unspecified atom stereocenters. The molecule has 0 aliphatic rings. The summed E-state index contributed by atoms with van der Waals surface area (Å²) in [4.78, 5) is 12.3. The van der Waals surface area contributed by atoms with Gasteiger partial charge in [-0.05, 0) is 54.1 Å². The summed E-state index contributed by atoms with van der Waals surface area (Å²) in [5, 5.41) is 8.47. The minimum absolute atomic E-state index is 0.0127. The monoisotopic (exact) mass is 490 g/mol. The van der Waals surface area contributed by atoms with Crippen molar-refractivity contribution in [2.45, 2.75) is 11.3 Å². The van der Waals surface area contributed by atoms with Crippen molar-refractivity contribution in [2.75, 3.05) is 25.6 Å². The number of sulfonamides is 1. The van der Waals surface area contributed by atoms with Gasteiger partial charge in [-0.2, -0.15) is 0 Å². The first-order chi connectivity index (χ1) is 15.7. The molecule has 8 nitrogen and oxygen atoms in total. The van der Waals surface area contributed by atoms with Crippen LogP contribution >= 0.6 is 11.6 Å². The molecule has 0 saturated carbocycles. The summed E-state index contributed by atoms with van der Waals surface area (Å²) in [6.07, 6.45) is 0.0625. The smallest absolute Gasteiger partial charge is 0.241 e. The molecule has 3 aromatic carbocycles. The van der Waals surface area contributed by atoms with E-state index in [4.69, 9.17) is 31.0 Å². The van der Waals surface area contributed by atoms with E-state index in [1.807, 2.05) is 0 Å². The number of rotatable bonds is 10. The van der Waals surface area contributed by atoms with Crippen molar-refractivity contribution >= 4 is 33.2 Å². The van der Waals surface area contributed by atoms with Crippen molar-refractivity contribution in [3.05, 3.63) is 77.3 Å². The molecule has 0 bridgehead atoms. The molecule has 0 spiro atoms. The third kappa shape index (κ3) is 7.47.